The largest absolute Gasteiger partial charge is 0.394 e. The van der Waals surface area contributed by atoms with Crippen LogP contribution in [0.15, 0.2) is 0 Å². The highest BCUT2D eigenvalue weighted by Crippen LogP contribution is 2.07. The van der Waals surface area contributed by atoms with Crippen molar-refractivity contribution in [2.45, 2.75) is 175 Å². The van der Waals surface area contributed by atoms with E-state index in [4.69, 9.17) is 60.2 Å². The summed E-state index contributed by atoms with van der Waals surface area (Å²) in [7, 11) is 0. The molecule has 51 heavy (non-hydrogen) atoms. The van der Waals surface area contributed by atoms with E-state index in [9.17, 15) is 0 Å². The van der Waals surface area contributed by atoms with Crippen molar-refractivity contribution >= 4 is 0 Å². The first-order valence-corrected chi connectivity index (χ1v) is 20.1. The fraction of sp³-hybridized carbons (Fsp3) is 1.00. The summed E-state index contributed by atoms with van der Waals surface area (Å²) in [5.41, 5.74) is 0. The van der Waals surface area contributed by atoms with Gasteiger partial charge in [-0.15, -0.1) is 0 Å². The van der Waals surface area contributed by atoms with Crippen molar-refractivity contribution < 1.29 is 60.2 Å². The van der Waals surface area contributed by atoms with Gasteiger partial charge in [0.25, 0.3) is 0 Å². The van der Waals surface area contributed by atoms with Gasteiger partial charge in [0.05, 0.1) is 39.6 Å². The average Bonchev–Trinajstić information content (AvgIpc) is 3.16. The fourth-order valence-electron chi connectivity index (χ4n) is 3.46. The first-order valence-electron chi connectivity index (χ1n) is 20.1. The molecular formula is C39H90O12. The van der Waals surface area contributed by atoms with E-state index in [0.717, 1.165) is 39.6 Å². The number of unbranched alkanes of at least 4 members (excludes halogenated alkanes) is 14. The first-order chi connectivity index (χ1) is 24.7. The second-order valence-electron chi connectivity index (χ2n) is 12.0. The SMILES string of the molecule is CCCCCCCCOCCCCCCCC.CCCCCOCCCCC.CCOCC.OCC(O)CO.OCC(O)CO.OCC(O)CO. The lowest BCUT2D eigenvalue weighted by Gasteiger charge is -2.04. The molecule has 0 fully saturated rings. The van der Waals surface area contributed by atoms with Crippen LogP contribution in [0.1, 0.15) is 157 Å². The molecule has 0 saturated heterocycles. The molecule has 0 aliphatic carbocycles. The van der Waals surface area contributed by atoms with E-state index in [1.54, 1.807) is 0 Å². The molecule has 0 aliphatic heterocycles. The van der Waals surface area contributed by atoms with Crippen molar-refractivity contribution in [1.29, 1.82) is 0 Å². The van der Waals surface area contributed by atoms with Crippen molar-refractivity contribution in [3.63, 3.8) is 0 Å². The molecule has 0 bridgehead atoms. The second-order valence-corrected chi connectivity index (χ2v) is 12.0. The molecule has 0 aromatic rings. The Bertz CT molecular complexity index is 433. The molecule has 9 N–H and O–H groups in total. The third-order valence-electron chi connectivity index (χ3n) is 6.74. The van der Waals surface area contributed by atoms with Crippen LogP contribution in [-0.2, 0) is 14.2 Å². The normalized spacial score (nSPS) is 10.2. The Hall–Kier alpha value is -0.480. The lowest BCUT2D eigenvalue weighted by atomic mass is 10.1. The maximum absolute atomic E-state index is 8.17. The fourth-order valence-corrected chi connectivity index (χ4v) is 3.46. The van der Waals surface area contributed by atoms with Gasteiger partial charge < -0.3 is 60.2 Å². The van der Waals surface area contributed by atoms with Crippen molar-refractivity contribution in [1.82, 2.24) is 0 Å². The van der Waals surface area contributed by atoms with Gasteiger partial charge in [-0.2, -0.15) is 0 Å². The van der Waals surface area contributed by atoms with Crippen LogP contribution in [0.5, 0.6) is 0 Å². The smallest absolute Gasteiger partial charge is 0.100 e. The summed E-state index contributed by atoms with van der Waals surface area (Å²) in [5, 5.41) is 72.0. The van der Waals surface area contributed by atoms with E-state index < -0.39 is 18.3 Å². The topological polar surface area (TPSA) is 210 Å². The molecule has 0 radical (unpaired) electrons. The predicted octanol–water partition coefficient (Wildman–Crippen LogP) is 5.15. The number of hydrogen-bond donors (Lipinski definition) is 9. The molecule has 0 saturated carbocycles. The minimum Gasteiger partial charge on any atom is -0.394 e. The van der Waals surface area contributed by atoms with Crippen LogP contribution >= 0.6 is 0 Å². The monoisotopic (exact) mass is 751 g/mol. The zero-order valence-electron chi connectivity index (χ0n) is 34.2. The highest BCUT2D eigenvalue weighted by molar-refractivity contribution is 4.47. The molecule has 0 rings (SSSR count). The lowest BCUT2D eigenvalue weighted by molar-refractivity contribution is 0.0450. The van der Waals surface area contributed by atoms with Gasteiger partial charge in [0.2, 0.25) is 0 Å². The van der Waals surface area contributed by atoms with E-state index in [-0.39, 0.29) is 39.6 Å². The first kappa shape index (κ1) is 62.5. The van der Waals surface area contributed by atoms with E-state index >= 15 is 0 Å². The van der Waals surface area contributed by atoms with E-state index in [2.05, 4.69) is 27.7 Å². The van der Waals surface area contributed by atoms with E-state index in [1.165, 1.54) is 116 Å². The molecule has 0 aromatic carbocycles. The Labute approximate surface area is 314 Å². The van der Waals surface area contributed by atoms with Crippen LogP contribution in [0, 0.1) is 0 Å². The molecule has 0 atom stereocenters. The van der Waals surface area contributed by atoms with Gasteiger partial charge in [0.15, 0.2) is 0 Å². The number of aliphatic hydroxyl groups is 9. The van der Waals surface area contributed by atoms with Crippen LogP contribution in [0.25, 0.3) is 0 Å². The van der Waals surface area contributed by atoms with Crippen LogP contribution < -0.4 is 0 Å². The number of hydrogen-bond acceptors (Lipinski definition) is 12. The quantitative estimate of drug-likeness (QED) is 0.0437. The lowest BCUT2D eigenvalue weighted by Crippen LogP contribution is -2.15. The maximum Gasteiger partial charge on any atom is 0.100 e. The molecule has 0 unspecified atom stereocenters. The van der Waals surface area contributed by atoms with Crippen LogP contribution in [0.4, 0.5) is 0 Å². The average molecular weight is 751 g/mol. The van der Waals surface area contributed by atoms with Gasteiger partial charge in [-0.25, -0.2) is 0 Å². The Morgan fingerprint density at radius 3 is 0.667 bits per heavy atom. The minimum absolute atomic E-state index is 0.365. The number of rotatable bonds is 30. The van der Waals surface area contributed by atoms with Gasteiger partial charge in [0.1, 0.15) is 18.3 Å². The molecule has 0 heterocycles. The van der Waals surface area contributed by atoms with Gasteiger partial charge in [-0.1, -0.05) is 118 Å². The van der Waals surface area contributed by atoms with Crippen LogP contribution in [0.2, 0.25) is 0 Å². The highest BCUT2D eigenvalue weighted by Gasteiger charge is 1.96. The molecular weight excluding hydrogens is 660 g/mol. The highest BCUT2D eigenvalue weighted by atomic mass is 16.5. The molecule has 12 heteroatoms. The summed E-state index contributed by atoms with van der Waals surface area (Å²) in [6.45, 7) is 16.4. The second kappa shape index (κ2) is 67.6. The molecule has 0 aliphatic rings. The Morgan fingerprint density at radius 2 is 0.490 bits per heavy atom. The summed E-state index contributed by atoms with van der Waals surface area (Å²) in [4.78, 5) is 0. The van der Waals surface area contributed by atoms with Crippen molar-refractivity contribution in [2.24, 2.45) is 0 Å². The summed E-state index contributed by atoms with van der Waals surface area (Å²) in [5.74, 6) is 0. The van der Waals surface area contributed by atoms with Gasteiger partial charge >= 0.3 is 0 Å². The van der Waals surface area contributed by atoms with Gasteiger partial charge in [-0.3, -0.25) is 0 Å². The number of aliphatic hydroxyl groups excluding tert-OH is 9. The standard InChI is InChI=1S/C16H34O.C10H22O.C4H10O.3C3H8O3/c1-3-5-7-9-11-13-15-17-16-14-12-10-8-6-4-2;1-3-5-7-9-11-10-8-6-4-2;1-3-5-4-2;3*4-1-3(6)2-5/h3-16H2,1-2H3;3-10H2,1-2H3;3-4H2,1-2H3;3*3-6H,1-2H2. The van der Waals surface area contributed by atoms with Gasteiger partial charge in [0, 0.05) is 39.6 Å². The molecule has 0 aromatic heterocycles. The summed E-state index contributed by atoms with van der Waals surface area (Å²) < 4.78 is 15.9. The van der Waals surface area contributed by atoms with Gasteiger partial charge in [-0.05, 0) is 39.5 Å². The molecule has 318 valence electrons. The van der Waals surface area contributed by atoms with Crippen molar-refractivity contribution in [3.8, 4) is 0 Å². The van der Waals surface area contributed by atoms with Crippen molar-refractivity contribution in [3.05, 3.63) is 0 Å². The summed E-state index contributed by atoms with van der Waals surface area (Å²) >= 11 is 0. The van der Waals surface area contributed by atoms with E-state index in [1.807, 2.05) is 13.8 Å². The number of ether oxygens (including phenoxy) is 3. The Morgan fingerprint density at radius 1 is 0.294 bits per heavy atom. The summed E-state index contributed by atoms with van der Waals surface area (Å²) in [6, 6.07) is 0. The maximum atomic E-state index is 8.17. The third-order valence-corrected chi connectivity index (χ3v) is 6.74. The van der Waals surface area contributed by atoms with Crippen molar-refractivity contribution in [2.75, 3.05) is 79.3 Å². The summed E-state index contributed by atoms with van der Waals surface area (Å²) in [6.07, 6.45) is 21.2. The Kier molecular flexibility index (Phi) is 82.9. The van der Waals surface area contributed by atoms with Crippen LogP contribution in [-0.4, -0.2) is 144 Å². The van der Waals surface area contributed by atoms with Crippen LogP contribution in [0.3, 0.4) is 0 Å². The molecule has 0 spiro atoms. The Balaban J connectivity index is -0.000000128. The minimum atomic E-state index is -0.954. The van der Waals surface area contributed by atoms with E-state index in [0.29, 0.717) is 0 Å². The molecule has 12 nitrogen and oxygen atoms in total. The zero-order chi connectivity index (χ0) is 40.1. The zero-order valence-corrected chi connectivity index (χ0v) is 34.2. The third kappa shape index (κ3) is 88.6. The molecule has 0 amide bonds. The predicted molar refractivity (Wildman–Crippen MR) is 210 cm³/mol.